The van der Waals surface area contributed by atoms with Crippen LogP contribution < -0.4 is 17.5 Å². The molecule has 0 aromatic heterocycles. The quantitative estimate of drug-likeness (QED) is 0.642. The number of hydrogen-bond donors (Lipinski definition) is 0. The molecule has 0 bridgehead atoms. The zero-order valence-electron chi connectivity index (χ0n) is 12.8. The van der Waals surface area contributed by atoms with E-state index in [1.807, 2.05) is 0 Å². The van der Waals surface area contributed by atoms with Crippen molar-refractivity contribution in [2.24, 2.45) is 0 Å². The van der Waals surface area contributed by atoms with E-state index in [1.54, 1.807) is 7.05 Å². The van der Waals surface area contributed by atoms with Crippen LogP contribution in [-0.2, 0) is 19.5 Å². The summed E-state index contributed by atoms with van der Waals surface area (Å²) in [5, 5.41) is 15.0. The molecule has 20 heavy (non-hydrogen) atoms. The summed E-state index contributed by atoms with van der Waals surface area (Å²) in [5.41, 5.74) is 4.06. The number of hydrogen-bond acceptors (Lipinski definition) is 1. The molecular formula is C16H25ClNORu. The Balaban J connectivity index is 0. The van der Waals surface area contributed by atoms with Crippen LogP contribution in [0, 0.1) is 20.8 Å². The molecule has 1 aromatic carbocycles. The van der Waals surface area contributed by atoms with E-state index in [2.05, 4.69) is 44.3 Å². The van der Waals surface area contributed by atoms with Crippen molar-refractivity contribution in [3.8, 4) is 0 Å². The van der Waals surface area contributed by atoms with Gasteiger partial charge in [0.05, 0.1) is 0 Å². The van der Waals surface area contributed by atoms with E-state index in [0.29, 0.717) is 0 Å². The molecule has 1 saturated carbocycles. The molecule has 1 radical (unpaired) electrons. The Kier molecular flexibility index (Phi) is 13.0. The van der Waals surface area contributed by atoms with Gasteiger partial charge in [0.25, 0.3) is 0 Å². The van der Waals surface area contributed by atoms with E-state index >= 15 is 0 Å². The maximum atomic E-state index is 11.0. The Morgan fingerprint density at radius 1 is 0.950 bits per heavy atom. The average molecular weight is 384 g/mol. The van der Waals surface area contributed by atoms with Gasteiger partial charge in [-0.2, -0.15) is 7.05 Å². The second kappa shape index (κ2) is 11.7. The Hall–Kier alpha value is 0.0534. The van der Waals surface area contributed by atoms with Crippen molar-refractivity contribution in [1.29, 1.82) is 0 Å². The second-order valence-corrected chi connectivity index (χ2v) is 5.31. The largest absolute Gasteiger partial charge is 3.00 e. The van der Waals surface area contributed by atoms with Gasteiger partial charge in [-0.25, -0.2) is 0 Å². The fourth-order valence-electron chi connectivity index (χ4n) is 2.57. The van der Waals surface area contributed by atoms with Gasteiger partial charge in [-0.1, -0.05) is 60.6 Å². The fourth-order valence-corrected chi connectivity index (χ4v) is 2.57. The Morgan fingerprint density at radius 2 is 1.35 bits per heavy atom. The van der Waals surface area contributed by atoms with E-state index in [4.69, 9.17) is 0 Å². The average Bonchev–Trinajstić information content (AvgIpc) is 2.28. The second-order valence-electron chi connectivity index (χ2n) is 5.31. The number of rotatable bonds is 1. The summed E-state index contributed by atoms with van der Waals surface area (Å²) in [6.07, 6.45) is 3.76. The summed E-state index contributed by atoms with van der Waals surface area (Å²) >= 11 is 0. The Bertz CT molecular complexity index is 323. The first kappa shape index (κ1) is 22.3. The smallest absolute Gasteiger partial charge is 1.00 e. The third-order valence-electron chi connectivity index (χ3n) is 3.37. The monoisotopic (exact) mass is 384 g/mol. The van der Waals surface area contributed by atoms with Gasteiger partial charge in [-0.15, -0.1) is 12.1 Å². The topological polar surface area (TPSA) is 37.2 Å². The standard InChI is InChI=1S/C9H12.C7H13NO.ClH.Ru/c1-7-4-8(2)6-9(3)5-7;1-8-6-4-2-3-5-7(6)9;;/h4-6H,1-3H3;6-7H,2-5H2,1H3;1H;/q;-2;;+3/p-1/t;6-,7+;;/m.0../s1. The molecule has 1 aromatic rings. The van der Waals surface area contributed by atoms with E-state index in [0.717, 1.165) is 19.3 Å². The van der Waals surface area contributed by atoms with E-state index in [-0.39, 0.29) is 37.9 Å². The van der Waals surface area contributed by atoms with Gasteiger partial charge in [-0.05, 0) is 20.8 Å². The predicted molar refractivity (Wildman–Crippen MR) is 76.0 cm³/mol. The van der Waals surface area contributed by atoms with E-state index in [9.17, 15) is 5.11 Å². The Morgan fingerprint density at radius 3 is 1.65 bits per heavy atom. The normalized spacial score (nSPS) is 20.9. The molecular weight excluding hydrogens is 359 g/mol. The van der Waals surface area contributed by atoms with Crippen molar-refractivity contribution >= 4 is 0 Å². The molecule has 0 spiro atoms. The molecule has 115 valence electrons. The van der Waals surface area contributed by atoms with Gasteiger partial charge in [-0.3, -0.25) is 0 Å². The van der Waals surface area contributed by atoms with Crippen molar-refractivity contribution in [3.63, 3.8) is 0 Å². The van der Waals surface area contributed by atoms with Crippen LogP contribution in [0.3, 0.4) is 0 Å². The van der Waals surface area contributed by atoms with Crippen molar-refractivity contribution in [2.75, 3.05) is 7.05 Å². The molecule has 1 fully saturated rings. The molecule has 2 atom stereocenters. The maximum absolute atomic E-state index is 11.0. The number of aryl methyl sites for hydroxylation is 3. The molecule has 0 aliphatic heterocycles. The summed E-state index contributed by atoms with van der Waals surface area (Å²) < 4.78 is 0. The first-order valence-corrected chi connectivity index (χ1v) is 6.82. The first-order valence-electron chi connectivity index (χ1n) is 6.82. The predicted octanol–water partition coefficient (Wildman–Crippen LogP) is 0.275. The van der Waals surface area contributed by atoms with Crippen LogP contribution in [0.4, 0.5) is 0 Å². The van der Waals surface area contributed by atoms with Crippen LogP contribution >= 0.6 is 0 Å². The van der Waals surface area contributed by atoms with Gasteiger partial charge in [0, 0.05) is 0 Å². The zero-order chi connectivity index (χ0) is 13.5. The minimum Gasteiger partial charge on any atom is -1.00 e. The van der Waals surface area contributed by atoms with Crippen LogP contribution in [-0.4, -0.2) is 19.2 Å². The molecule has 1 aliphatic rings. The number of likely N-dealkylation sites (N-methyl/N-ethyl adjacent to an activating group) is 1. The van der Waals surface area contributed by atoms with E-state index in [1.165, 1.54) is 23.1 Å². The summed E-state index contributed by atoms with van der Waals surface area (Å²) in [6, 6.07) is 6.69. The number of nitrogens with zero attached hydrogens (tertiary/aromatic N) is 1. The van der Waals surface area contributed by atoms with E-state index < -0.39 is 6.10 Å². The van der Waals surface area contributed by atoms with Crippen molar-refractivity contribution in [1.82, 2.24) is 0 Å². The fraction of sp³-hybridized carbons (Fsp3) is 0.625. The molecule has 1 aliphatic carbocycles. The van der Waals surface area contributed by atoms with Gasteiger partial charge >= 0.3 is 19.5 Å². The van der Waals surface area contributed by atoms with Crippen LogP contribution in [0.1, 0.15) is 42.4 Å². The molecule has 0 saturated heterocycles. The van der Waals surface area contributed by atoms with Gasteiger partial charge < -0.3 is 22.8 Å². The first-order chi connectivity index (χ1) is 8.52. The summed E-state index contributed by atoms with van der Waals surface area (Å²) in [4.78, 5) is 0. The van der Waals surface area contributed by atoms with Crippen LogP contribution in [0.15, 0.2) is 18.2 Å². The minimum absolute atomic E-state index is 0. The summed E-state index contributed by atoms with van der Waals surface area (Å²) in [5.74, 6) is 0. The molecule has 0 heterocycles. The number of benzene rings is 1. The summed E-state index contributed by atoms with van der Waals surface area (Å²) in [6.45, 7) is 6.38. The Labute approximate surface area is 142 Å². The third kappa shape index (κ3) is 8.36. The summed E-state index contributed by atoms with van der Waals surface area (Å²) in [7, 11) is 1.75. The number of halogens is 1. The zero-order valence-corrected chi connectivity index (χ0v) is 15.3. The molecule has 0 N–H and O–H groups in total. The van der Waals surface area contributed by atoms with Crippen LogP contribution in [0.5, 0.6) is 0 Å². The van der Waals surface area contributed by atoms with Crippen molar-refractivity contribution in [2.45, 2.75) is 58.6 Å². The van der Waals surface area contributed by atoms with Gasteiger partial charge in [0.15, 0.2) is 0 Å². The van der Waals surface area contributed by atoms with Gasteiger partial charge in [0.1, 0.15) is 0 Å². The third-order valence-corrected chi connectivity index (χ3v) is 3.37. The van der Waals surface area contributed by atoms with Crippen molar-refractivity contribution < 1.29 is 37.0 Å². The molecule has 2 nitrogen and oxygen atoms in total. The van der Waals surface area contributed by atoms with Crippen LogP contribution in [0.2, 0.25) is 0 Å². The molecule has 0 unspecified atom stereocenters. The molecule has 0 amide bonds. The minimum atomic E-state index is -0.399. The molecule has 4 heteroatoms. The molecule has 2 rings (SSSR count). The SMILES string of the molecule is C[N-][C@H]1CCCC[C@H]1[O-].Cc1cc(C)cc(C)c1.[Cl-].[Ru+3]. The van der Waals surface area contributed by atoms with Crippen LogP contribution in [0.25, 0.3) is 5.32 Å². The van der Waals surface area contributed by atoms with Crippen molar-refractivity contribution in [3.05, 3.63) is 40.2 Å². The maximum Gasteiger partial charge on any atom is 3.00 e. The van der Waals surface area contributed by atoms with Gasteiger partial charge in [0.2, 0.25) is 0 Å².